The number of likely N-dealkylation sites (N-methyl/N-ethyl adjacent to an activating group) is 1. The zero-order chi connectivity index (χ0) is 26.8. The number of rotatable bonds is 9. The van der Waals surface area contributed by atoms with Gasteiger partial charge in [0.05, 0.1) is 36.2 Å². The topological polar surface area (TPSA) is 83.0 Å². The lowest BCUT2D eigenvalue weighted by Gasteiger charge is -2.13. The zero-order valence-corrected chi connectivity index (χ0v) is 20.4. The summed E-state index contributed by atoms with van der Waals surface area (Å²) in [6, 6.07) is 15.4. The van der Waals surface area contributed by atoms with E-state index < -0.39 is 17.6 Å². The first-order chi connectivity index (χ1) is 17.8. The number of halogens is 1. The Hall–Kier alpha value is -4.92. The van der Waals surface area contributed by atoms with Crippen molar-refractivity contribution in [2.24, 2.45) is 5.10 Å². The van der Waals surface area contributed by atoms with Crippen molar-refractivity contribution in [3.63, 3.8) is 0 Å². The fraction of sp³-hybridized carbons (Fsp3) is 0.138. The number of benzene rings is 3. The van der Waals surface area contributed by atoms with Crippen LogP contribution in [-0.2, 0) is 4.74 Å². The van der Waals surface area contributed by atoms with Crippen LogP contribution in [0.4, 0.5) is 15.8 Å². The Labute approximate surface area is 215 Å². The van der Waals surface area contributed by atoms with Gasteiger partial charge in [0.2, 0.25) is 0 Å². The molecule has 0 fully saturated rings. The van der Waals surface area contributed by atoms with Gasteiger partial charge in [0, 0.05) is 31.0 Å². The summed E-state index contributed by atoms with van der Waals surface area (Å²) >= 11 is 0. The molecule has 0 heterocycles. The summed E-state index contributed by atoms with van der Waals surface area (Å²) in [5.41, 5.74) is 2.19. The molecule has 3 rings (SSSR count). The average Bonchev–Trinajstić information content (AvgIpc) is 2.91. The first kappa shape index (κ1) is 26.7. The molecule has 2 amide bonds. The Morgan fingerprint density at radius 3 is 2.30 bits per heavy atom. The molecule has 0 saturated carbocycles. The summed E-state index contributed by atoms with van der Waals surface area (Å²) in [5.74, 6) is 3.00. The predicted octanol–water partition coefficient (Wildman–Crippen LogP) is 4.21. The molecule has 0 radical (unpaired) electrons. The zero-order valence-electron chi connectivity index (χ0n) is 20.4. The normalized spacial score (nSPS) is 10.4. The number of ether oxygens (including phenoxy) is 1. The first-order valence-corrected chi connectivity index (χ1v) is 11.2. The molecule has 0 aliphatic rings. The summed E-state index contributed by atoms with van der Waals surface area (Å²) in [6.07, 6.45) is 12.3. The highest BCUT2D eigenvalue weighted by Gasteiger charge is 2.18. The average molecular weight is 497 g/mol. The molecule has 0 unspecified atom stereocenters. The lowest BCUT2D eigenvalue weighted by atomic mass is 10.1. The van der Waals surface area contributed by atoms with Crippen LogP contribution in [0.3, 0.4) is 0 Å². The van der Waals surface area contributed by atoms with Gasteiger partial charge in [0.1, 0.15) is 5.82 Å². The number of amides is 2. The van der Waals surface area contributed by atoms with Gasteiger partial charge in [-0.15, -0.1) is 12.8 Å². The minimum absolute atomic E-state index is 0.119. The van der Waals surface area contributed by atoms with Gasteiger partial charge in [-0.3, -0.25) is 14.6 Å². The van der Waals surface area contributed by atoms with Gasteiger partial charge in [-0.05, 0) is 60.2 Å². The smallest absolute Gasteiger partial charge is 0.258 e. The Morgan fingerprint density at radius 2 is 1.65 bits per heavy atom. The Balaban J connectivity index is 1.79. The van der Waals surface area contributed by atoms with Crippen molar-refractivity contribution >= 4 is 29.4 Å². The second-order valence-electron chi connectivity index (χ2n) is 7.89. The number of anilines is 2. The van der Waals surface area contributed by atoms with Gasteiger partial charge in [0.15, 0.2) is 0 Å². The molecule has 0 saturated heterocycles. The lowest BCUT2D eigenvalue weighted by molar-refractivity contribution is 0.102. The van der Waals surface area contributed by atoms with E-state index in [0.717, 1.165) is 0 Å². The molecule has 0 aliphatic heterocycles. The fourth-order valence-corrected chi connectivity index (χ4v) is 3.21. The van der Waals surface area contributed by atoms with E-state index in [0.29, 0.717) is 35.5 Å². The summed E-state index contributed by atoms with van der Waals surface area (Å²) in [5, 5.41) is 11.2. The van der Waals surface area contributed by atoms with Crippen molar-refractivity contribution < 1.29 is 18.7 Å². The van der Waals surface area contributed by atoms with Crippen LogP contribution in [0, 0.1) is 30.5 Å². The maximum atomic E-state index is 14.8. The molecule has 8 heteroatoms. The van der Waals surface area contributed by atoms with E-state index in [4.69, 9.17) is 17.6 Å². The molecular weight excluding hydrogens is 471 g/mol. The van der Waals surface area contributed by atoms with Crippen LogP contribution in [-0.4, -0.2) is 50.3 Å². The monoisotopic (exact) mass is 496 g/mol. The van der Waals surface area contributed by atoms with Crippen LogP contribution in [0.2, 0.25) is 0 Å². The first-order valence-electron chi connectivity index (χ1n) is 11.2. The number of hydrazone groups is 1. The highest BCUT2D eigenvalue weighted by Crippen LogP contribution is 2.21. The maximum absolute atomic E-state index is 14.8. The third-order valence-electron chi connectivity index (χ3n) is 5.25. The van der Waals surface area contributed by atoms with Crippen molar-refractivity contribution in [1.29, 1.82) is 0 Å². The van der Waals surface area contributed by atoms with Crippen LogP contribution in [0.15, 0.2) is 65.8 Å². The second kappa shape index (κ2) is 12.7. The van der Waals surface area contributed by atoms with Crippen LogP contribution < -0.4 is 10.6 Å². The summed E-state index contributed by atoms with van der Waals surface area (Å²) < 4.78 is 19.8. The van der Waals surface area contributed by atoms with Crippen molar-refractivity contribution in [3.8, 4) is 24.7 Å². The molecule has 7 nitrogen and oxygen atoms in total. The van der Waals surface area contributed by atoms with Crippen molar-refractivity contribution in [1.82, 2.24) is 5.01 Å². The van der Waals surface area contributed by atoms with E-state index >= 15 is 0 Å². The molecule has 0 bridgehead atoms. The number of hydrogen-bond donors (Lipinski definition) is 2. The summed E-state index contributed by atoms with van der Waals surface area (Å²) in [4.78, 5) is 25.9. The number of hydrogen-bond acceptors (Lipinski definition) is 5. The predicted molar refractivity (Wildman–Crippen MR) is 143 cm³/mol. The van der Waals surface area contributed by atoms with E-state index in [1.165, 1.54) is 30.5 Å². The minimum atomic E-state index is -0.735. The summed E-state index contributed by atoms with van der Waals surface area (Å²) in [7, 11) is 3.36. The third-order valence-corrected chi connectivity index (χ3v) is 5.25. The lowest BCUT2D eigenvalue weighted by Crippen LogP contribution is -2.19. The fourth-order valence-electron chi connectivity index (χ4n) is 3.21. The van der Waals surface area contributed by atoms with E-state index in [1.54, 1.807) is 55.6 Å². The molecular formula is C29H25FN4O3. The molecule has 0 atom stereocenters. The van der Waals surface area contributed by atoms with Gasteiger partial charge < -0.3 is 15.4 Å². The molecule has 37 heavy (non-hydrogen) atoms. The molecule has 2 N–H and O–H groups in total. The SMILES string of the molecule is C#Cc1ccc(NC(=O)c2cc(C#C)ccc2NC(=O)c2ccc(C=NN(C)CCOC)cc2F)cc1. The van der Waals surface area contributed by atoms with Gasteiger partial charge >= 0.3 is 0 Å². The van der Waals surface area contributed by atoms with E-state index in [2.05, 4.69) is 27.6 Å². The molecule has 0 spiro atoms. The largest absolute Gasteiger partial charge is 0.383 e. The Kier molecular flexibility index (Phi) is 9.15. The minimum Gasteiger partial charge on any atom is -0.383 e. The Bertz CT molecular complexity index is 1400. The number of carbonyl (C=O) groups is 2. The molecule has 186 valence electrons. The number of methoxy groups -OCH3 is 1. The van der Waals surface area contributed by atoms with Gasteiger partial charge in [-0.25, -0.2) is 4.39 Å². The number of nitrogens with zero attached hydrogens (tertiary/aromatic N) is 2. The quantitative estimate of drug-likeness (QED) is 0.264. The van der Waals surface area contributed by atoms with Crippen LogP contribution >= 0.6 is 0 Å². The van der Waals surface area contributed by atoms with E-state index in [-0.39, 0.29) is 16.8 Å². The Morgan fingerprint density at radius 1 is 0.973 bits per heavy atom. The van der Waals surface area contributed by atoms with Crippen LogP contribution in [0.25, 0.3) is 0 Å². The van der Waals surface area contributed by atoms with Gasteiger partial charge in [0.25, 0.3) is 11.8 Å². The number of carbonyl (C=O) groups excluding carboxylic acids is 2. The number of nitrogens with one attached hydrogen (secondary N) is 2. The number of terminal acetylenes is 2. The molecule has 3 aromatic rings. The standard InChI is InChI=1S/C29H25FN4O3/c1-5-20-7-11-23(12-8-20)32-29(36)25-17-21(6-2)10-14-27(25)33-28(35)24-13-9-22(18-26(24)30)19-31-34(3)15-16-37-4/h1-2,7-14,17-19H,15-16H2,3-4H3,(H,32,36)(H,33,35). The van der Waals surface area contributed by atoms with E-state index in [1.807, 2.05) is 0 Å². The highest BCUT2D eigenvalue weighted by molar-refractivity contribution is 6.12. The van der Waals surface area contributed by atoms with Gasteiger partial charge in [-0.2, -0.15) is 5.10 Å². The molecule has 0 aromatic heterocycles. The third kappa shape index (κ3) is 7.28. The maximum Gasteiger partial charge on any atom is 0.258 e. The van der Waals surface area contributed by atoms with Crippen LogP contribution in [0.5, 0.6) is 0 Å². The van der Waals surface area contributed by atoms with Crippen molar-refractivity contribution in [2.45, 2.75) is 0 Å². The van der Waals surface area contributed by atoms with Crippen molar-refractivity contribution in [3.05, 3.63) is 94.3 Å². The molecule has 3 aromatic carbocycles. The summed E-state index contributed by atoms with van der Waals surface area (Å²) in [6.45, 7) is 1.07. The highest BCUT2D eigenvalue weighted by atomic mass is 19.1. The molecule has 0 aliphatic carbocycles. The second-order valence-corrected chi connectivity index (χ2v) is 7.89. The van der Waals surface area contributed by atoms with E-state index in [9.17, 15) is 14.0 Å². The van der Waals surface area contributed by atoms with Crippen LogP contribution in [0.1, 0.15) is 37.4 Å². The van der Waals surface area contributed by atoms with Crippen molar-refractivity contribution in [2.75, 3.05) is 37.9 Å². The van der Waals surface area contributed by atoms with Gasteiger partial charge in [-0.1, -0.05) is 17.9 Å².